The molecule has 0 spiro atoms. The Morgan fingerprint density at radius 2 is 2.26 bits per heavy atom. The highest BCUT2D eigenvalue weighted by Crippen LogP contribution is 2.30. The second-order valence-electron chi connectivity index (χ2n) is 5.61. The van der Waals surface area contributed by atoms with E-state index in [2.05, 4.69) is 52.3 Å². The van der Waals surface area contributed by atoms with Crippen molar-refractivity contribution >= 4 is 43.7 Å². The number of aromatic nitrogens is 3. The summed E-state index contributed by atoms with van der Waals surface area (Å²) in [5.41, 5.74) is 1.70. The van der Waals surface area contributed by atoms with Crippen LogP contribution in [0.5, 0.6) is 0 Å². The van der Waals surface area contributed by atoms with Crippen molar-refractivity contribution in [2.75, 3.05) is 11.9 Å². The molecule has 7 nitrogen and oxygen atoms in total. The number of hydrogen-bond acceptors (Lipinski definition) is 6. The largest absolute Gasteiger partial charge is 0.465 e. The molecule has 2 aromatic rings. The summed E-state index contributed by atoms with van der Waals surface area (Å²) >= 11 is 6.82. The molecule has 0 bridgehead atoms. The van der Waals surface area contributed by atoms with E-state index >= 15 is 0 Å². The minimum atomic E-state index is -0.387. The Bertz CT molecular complexity index is 912. The zero-order valence-corrected chi connectivity index (χ0v) is 17.5. The first-order chi connectivity index (χ1) is 13.0. The van der Waals surface area contributed by atoms with Crippen LogP contribution in [0.4, 0.5) is 4.39 Å². The van der Waals surface area contributed by atoms with Crippen LogP contribution < -0.4 is 5.32 Å². The fourth-order valence-electron chi connectivity index (χ4n) is 2.50. The minimum Gasteiger partial charge on any atom is -0.465 e. The van der Waals surface area contributed by atoms with Gasteiger partial charge in [0.25, 0.3) is 0 Å². The third-order valence-corrected chi connectivity index (χ3v) is 4.97. The van der Waals surface area contributed by atoms with Gasteiger partial charge in [0.05, 0.1) is 12.6 Å². The van der Waals surface area contributed by atoms with E-state index in [0.717, 1.165) is 11.3 Å². The maximum Gasteiger partial charge on any atom is 0.327 e. The number of halogens is 3. The number of carbonyl (C=O) groups excluding carboxylic acids is 1. The average Bonchev–Trinajstić information content (AvgIpc) is 3.10. The molecule has 1 N–H and O–H groups in total. The van der Waals surface area contributed by atoms with Gasteiger partial charge in [0.15, 0.2) is 5.84 Å². The van der Waals surface area contributed by atoms with Crippen molar-refractivity contribution in [1.82, 2.24) is 20.1 Å². The lowest BCUT2D eigenvalue weighted by atomic mass is 10.0. The van der Waals surface area contributed by atoms with Gasteiger partial charge in [0.2, 0.25) is 5.82 Å². The predicted molar refractivity (Wildman–Crippen MR) is 105 cm³/mol. The zero-order valence-electron chi connectivity index (χ0n) is 14.3. The van der Waals surface area contributed by atoms with E-state index in [4.69, 9.17) is 4.74 Å². The number of carbonyl (C=O) groups is 1. The van der Waals surface area contributed by atoms with Gasteiger partial charge >= 0.3 is 5.97 Å². The number of benzene rings is 1. The Morgan fingerprint density at radius 1 is 1.44 bits per heavy atom. The molecule has 0 radical (unpaired) electrons. The average molecular weight is 501 g/mol. The zero-order chi connectivity index (χ0) is 19.4. The van der Waals surface area contributed by atoms with Crippen LogP contribution in [-0.2, 0) is 16.1 Å². The Hall–Kier alpha value is -2.07. The molecule has 0 saturated heterocycles. The summed E-state index contributed by atoms with van der Waals surface area (Å²) in [6.45, 7) is 2.03. The highest BCUT2D eigenvalue weighted by Gasteiger charge is 2.22. The molecule has 1 aliphatic heterocycles. The van der Waals surface area contributed by atoms with Gasteiger partial charge in [-0.05, 0) is 30.7 Å². The molecule has 10 heteroatoms. The van der Waals surface area contributed by atoms with Gasteiger partial charge in [-0.25, -0.2) is 14.1 Å². The predicted octanol–water partition coefficient (Wildman–Crippen LogP) is 3.11. The Labute approximate surface area is 172 Å². The Morgan fingerprint density at radius 3 is 2.96 bits per heavy atom. The number of esters is 1. The van der Waals surface area contributed by atoms with Gasteiger partial charge in [0.1, 0.15) is 18.7 Å². The number of hydrogen-bond donors (Lipinski definition) is 1. The Kier molecular flexibility index (Phi) is 6.38. The summed E-state index contributed by atoms with van der Waals surface area (Å²) in [7, 11) is 0. The van der Waals surface area contributed by atoms with Crippen LogP contribution in [0.25, 0.3) is 0 Å². The number of rotatable bonds is 6. The molecule has 0 amide bonds. The first-order valence-electron chi connectivity index (χ1n) is 8.12. The van der Waals surface area contributed by atoms with E-state index in [1.807, 2.05) is 6.08 Å². The third kappa shape index (κ3) is 4.81. The maximum atomic E-state index is 13.4. The number of ether oxygens (including phenoxy) is 1. The maximum absolute atomic E-state index is 13.4. The van der Waals surface area contributed by atoms with Crippen molar-refractivity contribution < 1.29 is 13.9 Å². The second-order valence-corrected chi connectivity index (χ2v) is 7.02. The summed E-state index contributed by atoms with van der Waals surface area (Å²) < 4.78 is 20.3. The van der Waals surface area contributed by atoms with Gasteiger partial charge in [-0.1, -0.05) is 37.9 Å². The van der Waals surface area contributed by atoms with Crippen molar-refractivity contribution in [2.24, 2.45) is 4.99 Å². The van der Waals surface area contributed by atoms with Crippen LogP contribution in [0.1, 0.15) is 24.4 Å². The Balaban J connectivity index is 1.87. The van der Waals surface area contributed by atoms with Crippen LogP contribution in [0.3, 0.4) is 0 Å². The van der Waals surface area contributed by atoms with Crippen molar-refractivity contribution in [3.8, 4) is 0 Å². The number of amidine groups is 1. The molecule has 2 heterocycles. The molecular weight excluding hydrogens is 485 g/mol. The summed E-state index contributed by atoms with van der Waals surface area (Å²) in [4.78, 5) is 20.5. The standard InChI is InChI=1S/C17H16Br2FN5O2/c1-2-27-15(26)8-25-9-21-16(24-25)17-22-11(7-18)6-14(23-17)12-4-3-10(20)5-13(12)19/h3-6,9,14H,2,7-8H2,1H3,(H,22,23). The first kappa shape index (κ1) is 19.7. The van der Waals surface area contributed by atoms with Crippen molar-refractivity contribution in [1.29, 1.82) is 0 Å². The lowest BCUT2D eigenvalue weighted by Gasteiger charge is -2.21. The topological polar surface area (TPSA) is 81.4 Å². The molecule has 142 valence electrons. The quantitative estimate of drug-likeness (QED) is 0.487. The SMILES string of the molecule is CCOC(=O)Cn1cnc(C2=NC(c3ccc(F)cc3Br)C=C(CBr)N2)n1. The van der Waals surface area contributed by atoms with Crippen LogP contribution in [0.15, 0.2) is 45.8 Å². The lowest BCUT2D eigenvalue weighted by molar-refractivity contribution is -0.144. The number of alkyl halides is 1. The molecule has 1 aliphatic rings. The van der Waals surface area contributed by atoms with Gasteiger partial charge in [0, 0.05) is 15.5 Å². The van der Waals surface area contributed by atoms with E-state index in [0.29, 0.717) is 28.1 Å². The number of nitrogens with zero attached hydrogens (tertiary/aromatic N) is 4. The lowest BCUT2D eigenvalue weighted by Crippen LogP contribution is -2.30. The molecule has 1 aromatic carbocycles. The van der Waals surface area contributed by atoms with Crippen LogP contribution >= 0.6 is 31.9 Å². The molecule has 1 unspecified atom stereocenters. The fourth-order valence-corrected chi connectivity index (χ4v) is 3.42. The van der Waals surface area contributed by atoms with Crippen molar-refractivity contribution in [2.45, 2.75) is 19.5 Å². The number of allylic oxidation sites excluding steroid dienone is 1. The van der Waals surface area contributed by atoms with E-state index in [9.17, 15) is 9.18 Å². The molecule has 3 rings (SSSR count). The van der Waals surface area contributed by atoms with E-state index in [-0.39, 0.29) is 24.4 Å². The molecule has 1 atom stereocenters. The monoisotopic (exact) mass is 499 g/mol. The van der Waals surface area contributed by atoms with Crippen LogP contribution in [-0.4, -0.2) is 38.5 Å². The normalized spacial score (nSPS) is 16.4. The van der Waals surface area contributed by atoms with Crippen LogP contribution in [0.2, 0.25) is 0 Å². The van der Waals surface area contributed by atoms with Gasteiger partial charge < -0.3 is 10.1 Å². The highest BCUT2D eigenvalue weighted by molar-refractivity contribution is 9.10. The van der Waals surface area contributed by atoms with E-state index in [1.54, 1.807) is 13.0 Å². The molecule has 1 aromatic heterocycles. The molecule has 0 aliphatic carbocycles. The van der Waals surface area contributed by atoms with Gasteiger partial charge in [-0.3, -0.25) is 9.79 Å². The van der Waals surface area contributed by atoms with Gasteiger partial charge in [-0.15, -0.1) is 5.10 Å². The smallest absolute Gasteiger partial charge is 0.327 e. The van der Waals surface area contributed by atoms with E-state index in [1.165, 1.54) is 23.1 Å². The summed E-state index contributed by atoms with van der Waals surface area (Å²) in [5.74, 6) is 0.111. The fraction of sp³-hybridized carbons (Fsp3) is 0.294. The molecule has 0 fully saturated rings. The third-order valence-electron chi connectivity index (χ3n) is 3.68. The summed E-state index contributed by atoms with van der Waals surface area (Å²) in [6, 6.07) is 4.15. The number of nitrogens with one attached hydrogen (secondary N) is 1. The molecular formula is C17H16Br2FN5O2. The number of aliphatic imine (C=N–C) groups is 1. The molecule has 27 heavy (non-hydrogen) atoms. The van der Waals surface area contributed by atoms with Crippen LogP contribution in [0, 0.1) is 5.82 Å². The first-order valence-corrected chi connectivity index (χ1v) is 10.0. The minimum absolute atomic E-state index is 0.0256. The van der Waals surface area contributed by atoms with Gasteiger partial charge in [-0.2, -0.15) is 0 Å². The summed E-state index contributed by atoms with van der Waals surface area (Å²) in [5, 5.41) is 8.02. The second kappa shape index (κ2) is 8.75. The highest BCUT2D eigenvalue weighted by atomic mass is 79.9. The molecule has 0 saturated carbocycles. The van der Waals surface area contributed by atoms with Crippen molar-refractivity contribution in [3.63, 3.8) is 0 Å². The summed E-state index contributed by atoms with van der Waals surface area (Å²) in [6.07, 6.45) is 3.39. The van der Waals surface area contributed by atoms with E-state index < -0.39 is 0 Å². The van der Waals surface area contributed by atoms with Crippen molar-refractivity contribution in [3.05, 3.63) is 58.0 Å².